The van der Waals surface area contributed by atoms with Gasteiger partial charge in [0.2, 0.25) is 0 Å². The highest BCUT2D eigenvalue weighted by molar-refractivity contribution is 6.04. The molecule has 0 radical (unpaired) electrons. The van der Waals surface area contributed by atoms with E-state index >= 15 is 0 Å². The molecular weight excluding hydrogens is 646 g/mol. The molecule has 4 aromatic carbocycles. The molecular formula is C41H41N3O7. The Hall–Kier alpha value is -5.74. The van der Waals surface area contributed by atoms with E-state index in [4.69, 9.17) is 14.2 Å². The number of aromatic carboxylic acids is 2. The summed E-state index contributed by atoms with van der Waals surface area (Å²) < 4.78 is 17.8. The van der Waals surface area contributed by atoms with Gasteiger partial charge in [-0.3, -0.25) is 0 Å². The second kappa shape index (κ2) is 15.0. The number of nitrogens with one attached hydrogen (secondary N) is 2. The third kappa shape index (κ3) is 7.27. The Balaban J connectivity index is 1.00. The summed E-state index contributed by atoms with van der Waals surface area (Å²) in [5, 5.41) is 21.7. The number of morpholine rings is 1. The van der Waals surface area contributed by atoms with Gasteiger partial charge < -0.3 is 39.3 Å². The topological polar surface area (TPSA) is 137 Å². The number of carbonyl (C=O) groups is 2. The van der Waals surface area contributed by atoms with Gasteiger partial charge in [-0.25, -0.2) is 9.59 Å². The molecule has 10 heteroatoms. The Bertz CT molecular complexity index is 2190. The molecule has 51 heavy (non-hydrogen) atoms. The molecule has 0 unspecified atom stereocenters. The van der Waals surface area contributed by atoms with Crippen LogP contribution in [0.3, 0.4) is 0 Å². The number of aromatic amines is 2. The van der Waals surface area contributed by atoms with Crippen molar-refractivity contribution in [2.24, 2.45) is 0 Å². The standard InChI is InChI=1S/C41H41N3O7/c1-26-23-27(50-19-7-13-31-29-9-2-4-15-35(29)42-38(31)40(45)46)25-28(24-26)51-20-8-14-34-33-12-6-11-32(37(33)43-39(34)41(47)48)30-10-3-5-16-36(30)44-17-21-49-22-18-44/h2-6,9-12,15-16,23-25,42-43H,7-8,13-14,17-22H2,1H3,(H,45,46)(H,47,48). The fraction of sp³-hybridized carbons (Fsp3) is 0.268. The fourth-order valence-electron chi connectivity index (χ4n) is 7.12. The summed E-state index contributed by atoms with van der Waals surface area (Å²) in [6, 6.07) is 27.6. The molecule has 262 valence electrons. The molecule has 7 rings (SSSR count). The summed E-state index contributed by atoms with van der Waals surface area (Å²) in [4.78, 5) is 32.8. The van der Waals surface area contributed by atoms with Crippen molar-refractivity contribution in [2.75, 3.05) is 44.4 Å². The number of ether oxygens (including phenoxy) is 3. The summed E-state index contributed by atoms with van der Waals surface area (Å²) in [5.74, 6) is -0.605. The largest absolute Gasteiger partial charge is 0.493 e. The van der Waals surface area contributed by atoms with Crippen LogP contribution >= 0.6 is 0 Å². The molecule has 1 fully saturated rings. The Morgan fingerprint density at radius 1 is 0.725 bits per heavy atom. The van der Waals surface area contributed by atoms with E-state index in [0.29, 0.717) is 63.6 Å². The molecule has 0 spiro atoms. The number of hydrogen-bond donors (Lipinski definition) is 4. The van der Waals surface area contributed by atoms with Crippen LogP contribution in [-0.4, -0.2) is 71.6 Å². The van der Waals surface area contributed by atoms with E-state index in [-0.39, 0.29) is 11.4 Å². The van der Waals surface area contributed by atoms with Gasteiger partial charge in [-0.2, -0.15) is 0 Å². The van der Waals surface area contributed by atoms with E-state index in [1.807, 2.05) is 79.7 Å². The van der Waals surface area contributed by atoms with Crippen molar-refractivity contribution in [3.63, 3.8) is 0 Å². The number of carboxylic acids is 2. The van der Waals surface area contributed by atoms with Crippen molar-refractivity contribution < 1.29 is 34.0 Å². The van der Waals surface area contributed by atoms with Crippen molar-refractivity contribution in [3.8, 4) is 22.6 Å². The van der Waals surface area contributed by atoms with Gasteiger partial charge in [-0.05, 0) is 73.6 Å². The highest BCUT2D eigenvalue weighted by Crippen LogP contribution is 2.38. The second-order valence-corrected chi connectivity index (χ2v) is 12.8. The van der Waals surface area contributed by atoms with Gasteiger partial charge in [0.15, 0.2) is 0 Å². The van der Waals surface area contributed by atoms with Gasteiger partial charge in [-0.1, -0.05) is 54.6 Å². The number of rotatable bonds is 14. The van der Waals surface area contributed by atoms with Crippen molar-refractivity contribution in [1.82, 2.24) is 9.97 Å². The first-order valence-corrected chi connectivity index (χ1v) is 17.4. The summed E-state index contributed by atoms with van der Waals surface area (Å²) in [6.45, 7) is 5.75. The van der Waals surface area contributed by atoms with Crippen molar-refractivity contribution >= 4 is 39.4 Å². The second-order valence-electron chi connectivity index (χ2n) is 12.8. The van der Waals surface area contributed by atoms with E-state index in [2.05, 4.69) is 27.0 Å². The van der Waals surface area contributed by atoms with Crippen molar-refractivity contribution in [3.05, 3.63) is 113 Å². The minimum Gasteiger partial charge on any atom is -0.493 e. The van der Waals surface area contributed by atoms with E-state index in [0.717, 1.165) is 68.4 Å². The van der Waals surface area contributed by atoms with Gasteiger partial charge in [0, 0.05) is 52.3 Å². The van der Waals surface area contributed by atoms with Gasteiger partial charge in [0.25, 0.3) is 0 Å². The van der Waals surface area contributed by atoms with Gasteiger partial charge in [0.05, 0.1) is 31.9 Å². The molecule has 0 saturated carbocycles. The SMILES string of the molecule is Cc1cc(OCCCc2c(C(=O)O)[nH]c3ccccc23)cc(OCCCc2c(C(=O)O)[nH]c3c(-c4ccccc4N4CCOCC4)cccc23)c1. The number of fused-ring (bicyclic) bond motifs is 2. The van der Waals surface area contributed by atoms with Gasteiger partial charge >= 0.3 is 11.9 Å². The number of anilines is 1. The maximum Gasteiger partial charge on any atom is 0.352 e. The average Bonchev–Trinajstić information content (AvgIpc) is 3.71. The highest BCUT2D eigenvalue weighted by Gasteiger charge is 2.22. The molecule has 2 aromatic heterocycles. The first-order chi connectivity index (χ1) is 24.9. The number of hydrogen-bond acceptors (Lipinski definition) is 6. The fourth-order valence-corrected chi connectivity index (χ4v) is 7.12. The zero-order chi connectivity index (χ0) is 35.3. The van der Waals surface area contributed by atoms with Crippen LogP contribution in [0.15, 0.2) is 84.9 Å². The third-order valence-corrected chi connectivity index (χ3v) is 9.43. The molecule has 1 aliphatic heterocycles. The lowest BCUT2D eigenvalue weighted by Crippen LogP contribution is -2.36. The van der Waals surface area contributed by atoms with Gasteiger partial charge in [0.1, 0.15) is 22.9 Å². The Morgan fingerprint density at radius 3 is 2.02 bits per heavy atom. The number of benzene rings is 4. The average molecular weight is 688 g/mol. The summed E-state index contributed by atoms with van der Waals surface area (Å²) in [5.41, 5.74) is 7.72. The Kier molecular flexibility index (Phi) is 9.94. The number of aromatic nitrogens is 2. The molecule has 1 saturated heterocycles. The molecule has 1 aliphatic rings. The van der Waals surface area contributed by atoms with Crippen LogP contribution in [0.2, 0.25) is 0 Å². The van der Waals surface area contributed by atoms with Crippen LogP contribution < -0.4 is 14.4 Å². The molecule has 3 heterocycles. The molecule has 10 nitrogen and oxygen atoms in total. The molecule has 4 N–H and O–H groups in total. The smallest absolute Gasteiger partial charge is 0.352 e. The first-order valence-electron chi connectivity index (χ1n) is 17.4. The number of para-hydroxylation sites is 3. The number of H-pyrrole nitrogens is 2. The lowest BCUT2D eigenvalue weighted by atomic mass is 9.98. The van der Waals surface area contributed by atoms with E-state index in [1.54, 1.807) is 0 Å². The van der Waals surface area contributed by atoms with Crippen molar-refractivity contribution in [1.29, 1.82) is 0 Å². The number of aryl methyl sites for hydroxylation is 3. The summed E-state index contributed by atoms with van der Waals surface area (Å²) in [6.07, 6.45) is 2.35. The zero-order valence-electron chi connectivity index (χ0n) is 28.5. The van der Waals surface area contributed by atoms with Crippen molar-refractivity contribution in [2.45, 2.75) is 32.6 Å². The lowest BCUT2D eigenvalue weighted by molar-refractivity contribution is 0.0679. The highest BCUT2D eigenvalue weighted by atomic mass is 16.5. The van der Waals surface area contributed by atoms with E-state index < -0.39 is 11.9 Å². The molecule has 0 atom stereocenters. The van der Waals surface area contributed by atoms with Crippen LogP contribution in [0.25, 0.3) is 32.9 Å². The molecule has 0 amide bonds. The van der Waals surface area contributed by atoms with Crippen LogP contribution in [-0.2, 0) is 17.6 Å². The lowest BCUT2D eigenvalue weighted by Gasteiger charge is -2.30. The molecule has 0 bridgehead atoms. The monoisotopic (exact) mass is 687 g/mol. The van der Waals surface area contributed by atoms with E-state index in [9.17, 15) is 19.8 Å². The van der Waals surface area contributed by atoms with Gasteiger partial charge in [-0.15, -0.1) is 0 Å². The number of nitrogens with zero attached hydrogens (tertiary/aromatic N) is 1. The zero-order valence-corrected chi connectivity index (χ0v) is 28.5. The van der Waals surface area contributed by atoms with Crippen LogP contribution in [0, 0.1) is 6.92 Å². The maximum absolute atomic E-state index is 12.4. The summed E-state index contributed by atoms with van der Waals surface area (Å²) in [7, 11) is 0. The number of carboxylic acid groups (broad SMARTS) is 2. The predicted molar refractivity (Wildman–Crippen MR) is 198 cm³/mol. The Morgan fingerprint density at radius 2 is 1.31 bits per heavy atom. The predicted octanol–water partition coefficient (Wildman–Crippen LogP) is 7.88. The van der Waals surface area contributed by atoms with Crippen LogP contribution in [0.1, 0.15) is 50.5 Å². The Labute approximate surface area is 295 Å². The van der Waals surface area contributed by atoms with Crippen LogP contribution in [0.5, 0.6) is 11.5 Å². The normalized spacial score (nSPS) is 13.2. The quantitative estimate of drug-likeness (QED) is 0.0849. The third-order valence-electron chi connectivity index (χ3n) is 9.43. The van der Waals surface area contributed by atoms with E-state index in [1.165, 1.54) is 0 Å². The molecule has 6 aromatic rings. The first kappa shape index (κ1) is 33.7. The minimum absolute atomic E-state index is 0.204. The maximum atomic E-state index is 12.4. The van der Waals surface area contributed by atoms with Crippen LogP contribution in [0.4, 0.5) is 5.69 Å². The minimum atomic E-state index is -0.987. The summed E-state index contributed by atoms with van der Waals surface area (Å²) >= 11 is 0. The molecule has 0 aliphatic carbocycles.